The summed E-state index contributed by atoms with van der Waals surface area (Å²) in [4.78, 5) is 25.2. The fourth-order valence-corrected chi connectivity index (χ4v) is 1.77. The molecule has 0 radical (unpaired) electrons. The minimum atomic E-state index is -0.480. The van der Waals surface area contributed by atoms with Crippen molar-refractivity contribution in [3.8, 4) is 0 Å². The number of anilines is 3. The molecule has 7 nitrogen and oxygen atoms in total. The van der Waals surface area contributed by atoms with Gasteiger partial charge in [0.2, 0.25) is 5.91 Å². The molecule has 0 bridgehead atoms. The van der Waals surface area contributed by atoms with Crippen LogP contribution in [0, 0.1) is 17.0 Å². The Bertz CT molecular complexity index is 683. The molecule has 1 heterocycles. The lowest BCUT2D eigenvalue weighted by Crippen LogP contribution is -2.05. The molecule has 0 aliphatic heterocycles. The van der Waals surface area contributed by atoms with Gasteiger partial charge in [0.1, 0.15) is 12.0 Å². The highest BCUT2D eigenvalue weighted by molar-refractivity contribution is 5.88. The van der Waals surface area contributed by atoms with E-state index in [1.807, 2.05) is 0 Å². The average Bonchev–Trinajstić information content (AvgIpc) is 2.42. The first kappa shape index (κ1) is 14.4. The van der Waals surface area contributed by atoms with Gasteiger partial charge in [-0.2, -0.15) is 0 Å². The van der Waals surface area contributed by atoms with Gasteiger partial charge in [-0.25, -0.2) is 4.98 Å². The Hall–Kier alpha value is -2.96. The maximum Gasteiger partial charge on any atom is 0.287 e. The van der Waals surface area contributed by atoms with Gasteiger partial charge in [0, 0.05) is 24.4 Å². The molecule has 0 atom stereocenters. The Morgan fingerprint density at radius 2 is 1.86 bits per heavy atom. The minimum Gasteiger partial charge on any atom is -0.340 e. The van der Waals surface area contributed by atoms with Crippen molar-refractivity contribution in [3.63, 3.8) is 0 Å². The van der Waals surface area contributed by atoms with Gasteiger partial charge in [-0.3, -0.25) is 14.9 Å². The maximum absolute atomic E-state index is 10.9. The van der Waals surface area contributed by atoms with Crippen molar-refractivity contribution in [1.29, 1.82) is 0 Å². The molecule has 1 amide bonds. The van der Waals surface area contributed by atoms with Crippen LogP contribution in [0.15, 0.2) is 36.5 Å². The van der Waals surface area contributed by atoms with Crippen molar-refractivity contribution in [2.45, 2.75) is 13.8 Å². The summed E-state index contributed by atoms with van der Waals surface area (Å²) in [6.07, 6.45) is 1.21. The van der Waals surface area contributed by atoms with E-state index in [0.29, 0.717) is 17.1 Å². The van der Waals surface area contributed by atoms with E-state index in [1.165, 1.54) is 19.2 Å². The molecule has 0 unspecified atom stereocenters. The zero-order valence-electron chi connectivity index (χ0n) is 11.6. The van der Waals surface area contributed by atoms with Crippen LogP contribution in [0.3, 0.4) is 0 Å². The number of benzene rings is 1. The lowest BCUT2D eigenvalue weighted by molar-refractivity contribution is -0.385. The second-order valence-electron chi connectivity index (χ2n) is 4.50. The maximum atomic E-state index is 10.9. The predicted molar refractivity (Wildman–Crippen MR) is 79.7 cm³/mol. The predicted octanol–water partition coefficient (Wildman–Crippen LogP) is 3.00. The van der Waals surface area contributed by atoms with Crippen molar-refractivity contribution in [3.05, 3.63) is 52.2 Å². The Kier molecular flexibility index (Phi) is 4.13. The number of amides is 1. The van der Waals surface area contributed by atoms with E-state index in [-0.39, 0.29) is 11.6 Å². The van der Waals surface area contributed by atoms with Crippen molar-refractivity contribution >= 4 is 28.8 Å². The van der Waals surface area contributed by atoms with Crippen LogP contribution in [0.5, 0.6) is 0 Å². The molecule has 0 fully saturated rings. The van der Waals surface area contributed by atoms with E-state index in [0.717, 1.165) is 5.69 Å². The van der Waals surface area contributed by atoms with Gasteiger partial charge < -0.3 is 10.6 Å². The number of pyridine rings is 1. The average molecular weight is 286 g/mol. The molecule has 21 heavy (non-hydrogen) atoms. The zero-order chi connectivity index (χ0) is 15.4. The highest BCUT2D eigenvalue weighted by Crippen LogP contribution is 2.22. The van der Waals surface area contributed by atoms with Crippen molar-refractivity contribution in [2.75, 3.05) is 10.6 Å². The number of carbonyl (C=O) groups excluding carboxylic acids is 1. The van der Waals surface area contributed by atoms with Crippen LogP contribution in [-0.2, 0) is 4.79 Å². The van der Waals surface area contributed by atoms with Crippen LogP contribution in [0.1, 0.15) is 12.5 Å². The molecule has 1 aromatic carbocycles. The molecule has 1 aromatic heterocycles. The molecule has 0 saturated carbocycles. The van der Waals surface area contributed by atoms with Crippen LogP contribution >= 0.6 is 0 Å². The summed E-state index contributed by atoms with van der Waals surface area (Å²) in [5.74, 6) is 0.413. The van der Waals surface area contributed by atoms with Crippen LogP contribution in [0.4, 0.5) is 22.9 Å². The van der Waals surface area contributed by atoms with E-state index in [9.17, 15) is 14.9 Å². The molecule has 7 heteroatoms. The molecule has 108 valence electrons. The van der Waals surface area contributed by atoms with E-state index >= 15 is 0 Å². The number of nitro groups is 1. The van der Waals surface area contributed by atoms with Gasteiger partial charge >= 0.3 is 0 Å². The summed E-state index contributed by atoms with van der Waals surface area (Å²) in [7, 11) is 0. The molecule has 2 aromatic rings. The Labute approximate surface area is 121 Å². The summed E-state index contributed by atoms with van der Waals surface area (Å²) >= 11 is 0. The van der Waals surface area contributed by atoms with E-state index in [2.05, 4.69) is 15.6 Å². The third kappa shape index (κ3) is 3.75. The van der Waals surface area contributed by atoms with Gasteiger partial charge in [-0.15, -0.1) is 0 Å². The standard InChI is InChI=1S/C14H14N4O3/c1-9-7-13(18(20)21)8-15-14(9)17-12-5-3-11(4-6-12)16-10(2)19/h3-8H,1-2H3,(H,15,17)(H,16,19). The molecule has 0 aliphatic rings. The Morgan fingerprint density at radius 3 is 2.38 bits per heavy atom. The van der Waals surface area contributed by atoms with Crippen LogP contribution in [-0.4, -0.2) is 15.8 Å². The lowest BCUT2D eigenvalue weighted by Gasteiger charge is -2.09. The second-order valence-corrected chi connectivity index (χ2v) is 4.50. The number of hydrogen-bond acceptors (Lipinski definition) is 5. The van der Waals surface area contributed by atoms with E-state index in [1.54, 1.807) is 31.2 Å². The normalized spacial score (nSPS) is 10.0. The summed E-state index contributed by atoms with van der Waals surface area (Å²) in [5.41, 5.74) is 2.10. The van der Waals surface area contributed by atoms with Crippen molar-refractivity contribution in [1.82, 2.24) is 4.98 Å². The smallest absolute Gasteiger partial charge is 0.287 e. The minimum absolute atomic E-state index is 0.0425. The third-order valence-corrected chi connectivity index (χ3v) is 2.74. The zero-order valence-corrected chi connectivity index (χ0v) is 11.6. The molecule has 2 N–H and O–H groups in total. The third-order valence-electron chi connectivity index (χ3n) is 2.74. The number of aryl methyl sites for hydroxylation is 1. The molecule has 0 aliphatic carbocycles. The SMILES string of the molecule is CC(=O)Nc1ccc(Nc2ncc([N+](=O)[O-])cc2C)cc1. The number of nitrogens with one attached hydrogen (secondary N) is 2. The first-order chi connectivity index (χ1) is 9.95. The number of hydrogen-bond donors (Lipinski definition) is 2. The second kappa shape index (κ2) is 6.00. The summed E-state index contributed by atoms with van der Waals surface area (Å²) in [6, 6.07) is 8.54. The van der Waals surface area contributed by atoms with Crippen LogP contribution in [0.25, 0.3) is 0 Å². The van der Waals surface area contributed by atoms with E-state index in [4.69, 9.17) is 0 Å². The van der Waals surface area contributed by atoms with Gasteiger partial charge in [-0.05, 0) is 36.8 Å². The van der Waals surface area contributed by atoms with Gasteiger partial charge in [0.15, 0.2) is 0 Å². The van der Waals surface area contributed by atoms with Crippen LogP contribution in [0.2, 0.25) is 0 Å². The van der Waals surface area contributed by atoms with Gasteiger partial charge in [0.05, 0.1) is 4.92 Å². The highest BCUT2D eigenvalue weighted by Gasteiger charge is 2.09. The number of aromatic nitrogens is 1. The summed E-state index contributed by atoms with van der Waals surface area (Å²) in [5, 5.41) is 16.4. The summed E-state index contributed by atoms with van der Waals surface area (Å²) < 4.78 is 0. The van der Waals surface area contributed by atoms with Gasteiger partial charge in [-0.1, -0.05) is 0 Å². The first-order valence-electron chi connectivity index (χ1n) is 6.21. The van der Waals surface area contributed by atoms with E-state index < -0.39 is 4.92 Å². The first-order valence-corrected chi connectivity index (χ1v) is 6.21. The number of rotatable bonds is 4. The Morgan fingerprint density at radius 1 is 1.24 bits per heavy atom. The number of carbonyl (C=O) groups is 1. The quantitative estimate of drug-likeness (QED) is 0.665. The molecular formula is C14H14N4O3. The molecule has 2 rings (SSSR count). The molecular weight excluding hydrogens is 272 g/mol. The van der Waals surface area contributed by atoms with Crippen molar-refractivity contribution < 1.29 is 9.72 Å². The summed E-state index contributed by atoms with van der Waals surface area (Å²) in [6.45, 7) is 3.18. The molecule has 0 spiro atoms. The highest BCUT2D eigenvalue weighted by atomic mass is 16.6. The molecule has 0 saturated heterocycles. The fraction of sp³-hybridized carbons (Fsp3) is 0.143. The topological polar surface area (TPSA) is 97.2 Å². The van der Waals surface area contributed by atoms with Crippen molar-refractivity contribution in [2.24, 2.45) is 0 Å². The lowest BCUT2D eigenvalue weighted by atomic mass is 10.2. The largest absolute Gasteiger partial charge is 0.340 e. The van der Waals surface area contributed by atoms with Crippen LogP contribution < -0.4 is 10.6 Å². The monoisotopic (exact) mass is 286 g/mol. The van der Waals surface area contributed by atoms with Gasteiger partial charge in [0.25, 0.3) is 5.69 Å². The number of nitrogens with zero attached hydrogens (tertiary/aromatic N) is 2. The Balaban J connectivity index is 2.14. The fourth-order valence-electron chi connectivity index (χ4n) is 1.77.